The molecule has 1 aromatic carbocycles. The zero-order valence-corrected chi connectivity index (χ0v) is 13.7. The highest BCUT2D eigenvalue weighted by molar-refractivity contribution is 5.55. The summed E-state index contributed by atoms with van der Waals surface area (Å²) < 4.78 is 10.9. The van der Waals surface area contributed by atoms with Crippen LogP contribution in [0.2, 0.25) is 0 Å². The number of furan rings is 1. The van der Waals surface area contributed by atoms with E-state index in [1.54, 1.807) is 12.3 Å². The quantitative estimate of drug-likeness (QED) is 0.753. The van der Waals surface area contributed by atoms with Gasteiger partial charge in [0.05, 0.1) is 19.3 Å². The molecular formula is C18H19N3O3. The molecule has 0 bridgehead atoms. The van der Waals surface area contributed by atoms with Crippen molar-refractivity contribution in [3.63, 3.8) is 0 Å². The molecule has 3 rings (SSSR count). The lowest BCUT2D eigenvalue weighted by atomic mass is 10.2. The van der Waals surface area contributed by atoms with Gasteiger partial charge in [-0.25, -0.2) is 10.1 Å². The van der Waals surface area contributed by atoms with Gasteiger partial charge in [-0.1, -0.05) is 13.8 Å². The van der Waals surface area contributed by atoms with E-state index in [4.69, 9.17) is 9.15 Å². The molecule has 2 aromatic heterocycles. The molecule has 3 aromatic rings. The molecule has 0 aliphatic rings. The van der Waals surface area contributed by atoms with Crippen LogP contribution in [-0.4, -0.2) is 21.8 Å². The van der Waals surface area contributed by atoms with E-state index in [-0.39, 0.29) is 5.56 Å². The summed E-state index contributed by atoms with van der Waals surface area (Å²) >= 11 is 0. The van der Waals surface area contributed by atoms with Crippen LogP contribution in [0.4, 0.5) is 0 Å². The lowest BCUT2D eigenvalue weighted by Crippen LogP contribution is -2.17. The fraction of sp³-hybridized carbons (Fsp3) is 0.278. The van der Waals surface area contributed by atoms with Crippen LogP contribution in [-0.2, 0) is 6.42 Å². The molecular weight excluding hydrogens is 306 g/mol. The third-order valence-corrected chi connectivity index (χ3v) is 3.38. The highest BCUT2D eigenvalue weighted by atomic mass is 16.5. The highest BCUT2D eigenvalue weighted by Gasteiger charge is 2.10. The molecule has 0 saturated heterocycles. The number of nitrogens with zero attached hydrogens (tertiary/aromatic N) is 2. The number of nitrogens with one attached hydrogen (secondary N) is 1. The summed E-state index contributed by atoms with van der Waals surface area (Å²) in [5, 5.41) is 6.52. The molecule has 0 aliphatic carbocycles. The van der Waals surface area contributed by atoms with Gasteiger partial charge in [0.2, 0.25) is 0 Å². The fourth-order valence-electron chi connectivity index (χ4n) is 2.16. The largest absolute Gasteiger partial charge is 0.493 e. The van der Waals surface area contributed by atoms with Gasteiger partial charge in [0.25, 0.3) is 5.56 Å². The Morgan fingerprint density at radius 3 is 2.67 bits per heavy atom. The standard InChI is InChI=1S/C18H19N3O3/c1-12(2)11-24-14-7-5-13(6-8-14)17-19-16(18(22)21-20-17)10-15-4-3-9-23-15/h3-9,12H,10-11H2,1-2H3,(H,21,22). The molecule has 1 N–H and O–H groups in total. The first-order valence-electron chi connectivity index (χ1n) is 7.83. The Morgan fingerprint density at radius 1 is 1.21 bits per heavy atom. The van der Waals surface area contributed by atoms with E-state index in [1.807, 2.05) is 30.3 Å². The second-order valence-electron chi connectivity index (χ2n) is 5.92. The summed E-state index contributed by atoms with van der Waals surface area (Å²) in [6.07, 6.45) is 1.90. The van der Waals surface area contributed by atoms with Crippen LogP contribution >= 0.6 is 0 Å². The molecule has 6 heteroatoms. The summed E-state index contributed by atoms with van der Waals surface area (Å²) in [7, 11) is 0. The first-order chi connectivity index (χ1) is 11.6. The number of benzene rings is 1. The average Bonchev–Trinajstić information content (AvgIpc) is 3.08. The van der Waals surface area contributed by atoms with Gasteiger partial charge < -0.3 is 9.15 Å². The summed E-state index contributed by atoms with van der Waals surface area (Å²) in [6.45, 7) is 4.87. The molecule has 6 nitrogen and oxygen atoms in total. The zero-order valence-electron chi connectivity index (χ0n) is 13.7. The van der Waals surface area contributed by atoms with Gasteiger partial charge in [-0.3, -0.25) is 4.79 Å². The second-order valence-corrected chi connectivity index (χ2v) is 5.92. The molecule has 124 valence electrons. The van der Waals surface area contributed by atoms with Crippen LogP contribution in [0.25, 0.3) is 11.4 Å². The number of ether oxygens (including phenoxy) is 1. The van der Waals surface area contributed by atoms with Gasteiger partial charge in [0.1, 0.15) is 17.2 Å². The smallest absolute Gasteiger partial charge is 0.286 e. The summed E-state index contributed by atoms with van der Waals surface area (Å²) in [4.78, 5) is 16.3. The summed E-state index contributed by atoms with van der Waals surface area (Å²) in [6, 6.07) is 11.1. The SMILES string of the molecule is CC(C)COc1ccc(-c2n[nH]c(=O)c(Cc3ccco3)n2)cc1. The van der Waals surface area contributed by atoms with E-state index in [1.165, 1.54) is 0 Å². The fourth-order valence-corrected chi connectivity index (χ4v) is 2.16. The maximum Gasteiger partial charge on any atom is 0.286 e. The molecule has 0 radical (unpaired) electrons. The van der Waals surface area contributed by atoms with Gasteiger partial charge in [-0.2, -0.15) is 5.10 Å². The van der Waals surface area contributed by atoms with E-state index in [0.29, 0.717) is 36.2 Å². The van der Waals surface area contributed by atoms with Gasteiger partial charge in [-0.05, 0) is 42.3 Å². The predicted octanol–water partition coefficient (Wildman–Crippen LogP) is 3.05. The second kappa shape index (κ2) is 7.12. The summed E-state index contributed by atoms with van der Waals surface area (Å²) in [5.41, 5.74) is 0.867. The molecule has 0 amide bonds. The number of aromatic amines is 1. The van der Waals surface area contributed by atoms with Crippen LogP contribution in [0.3, 0.4) is 0 Å². The Balaban J connectivity index is 1.80. The first kappa shape index (κ1) is 16.0. The molecule has 2 heterocycles. The minimum Gasteiger partial charge on any atom is -0.493 e. The van der Waals surface area contributed by atoms with Crippen LogP contribution in [0.15, 0.2) is 51.9 Å². The van der Waals surface area contributed by atoms with Crippen LogP contribution in [0, 0.1) is 5.92 Å². The number of hydrogen-bond donors (Lipinski definition) is 1. The van der Waals surface area contributed by atoms with Gasteiger partial charge >= 0.3 is 0 Å². The average molecular weight is 325 g/mol. The molecule has 0 atom stereocenters. The minimum absolute atomic E-state index is 0.313. The predicted molar refractivity (Wildman–Crippen MR) is 89.9 cm³/mol. The lowest BCUT2D eigenvalue weighted by molar-refractivity contribution is 0.271. The number of aromatic nitrogens is 3. The Hall–Kier alpha value is -2.89. The minimum atomic E-state index is -0.313. The van der Waals surface area contributed by atoms with Crippen LogP contribution in [0.1, 0.15) is 25.3 Å². The van der Waals surface area contributed by atoms with Gasteiger partial charge in [0.15, 0.2) is 5.82 Å². The molecule has 0 aliphatic heterocycles. The first-order valence-corrected chi connectivity index (χ1v) is 7.83. The molecule has 24 heavy (non-hydrogen) atoms. The van der Waals surface area contributed by atoms with Crippen molar-refractivity contribution in [2.75, 3.05) is 6.61 Å². The molecule has 0 spiro atoms. The number of H-pyrrole nitrogens is 1. The van der Waals surface area contributed by atoms with Crippen molar-refractivity contribution in [3.8, 4) is 17.1 Å². The van der Waals surface area contributed by atoms with E-state index < -0.39 is 0 Å². The van der Waals surface area contributed by atoms with Crippen molar-refractivity contribution in [1.82, 2.24) is 15.2 Å². The molecule has 0 saturated carbocycles. The highest BCUT2D eigenvalue weighted by Crippen LogP contribution is 2.19. The van der Waals surface area contributed by atoms with E-state index in [0.717, 1.165) is 11.3 Å². The van der Waals surface area contributed by atoms with Crippen molar-refractivity contribution >= 4 is 0 Å². The Morgan fingerprint density at radius 2 is 2.00 bits per heavy atom. The van der Waals surface area contributed by atoms with E-state index >= 15 is 0 Å². The topological polar surface area (TPSA) is 81.0 Å². The zero-order chi connectivity index (χ0) is 16.9. The number of hydrogen-bond acceptors (Lipinski definition) is 5. The number of rotatable bonds is 6. The molecule has 0 unspecified atom stereocenters. The van der Waals surface area contributed by atoms with E-state index in [9.17, 15) is 4.79 Å². The normalized spacial score (nSPS) is 11.0. The summed E-state index contributed by atoms with van der Waals surface area (Å²) in [5.74, 6) is 2.42. The van der Waals surface area contributed by atoms with Crippen molar-refractivity contribution in [1.29, 1.82) is 0 Å². The van der Waals surface area contributed by atoms with Crippen LogP contribution < -0.4 is 10.3 Å². The van der Waals surface area contributed by atoms with E-state index in [2.05, 4.69) is 29.0 Å². The van der Waals surface area contributed by atoms with Gasteiger partial charge in [-0.15, -0.1) is 0 Å². The Bertz CT molecular complexity index is 837. The molecule has 0 fully saturated rings. The van der Waals surface area contributed by atoms with Gasteiger partial charge in [0, 0.05) is 5.56 Å². The maximum atomic E-state index is 11.9. The van der Waals surface area contributed by atoms with Crippen molar-refractivity contribution < 1.29 is 9.15 Å². The van der Waals surface area contributed by atoms with Crippen molar-refractivity contribution in [3.05, 3.63) is 64.5 Å². The lowest BCUT2D eigenvalue weighted by Gasteiger charge is -2.09. The van der Waals surface area contributed by atoms with Crippen molar-refractivity contribution in [2.45, 2.75) is 20.3 Å². The Kier molecular flexibility index (Phi) is 4.74. The third-order valence-electron chi connectivity index (χ3n) is 3.38. The monoisotopic (exact) mass is 325 g/mol. The third kappa shape index (κ3) is 3.90. The Labute approximate surface area is 139 Å². The van der Waals surface area contributed by atoms with Crippen LogP contribution in [0.5, 0.6) is 5.75 Å². The maximum absolute atomic E-state index is 11.9. The van der Waals surface area contributed by atoms with Crippen molar-refractivity contribution in [2.24, 2.45) is 5.92 Å².